The summed E-state index contributed by atoms with van der Waals surface area (Å²) in [5, 5.41) is 6.95. The van der Waals surface area contributed by atoms with Gasteiger partial charge in [0.05, 0.1) is 11.1 Å². The van der Waals surface area contributed by atoms with Gasteiger partial charge in [0, 0.05) is 16.5 Å². The Hall–Kier alpha value is -3.72. The van der Waals surface area contributed by atoms with Crippen molar-refractivity contribution >= 4 is 43.6 Å². The van der Waals surface area contributed by atoms with Crippen LogP contribution in [0.2, 0.25) is 0 Å². The summed E-state index contributed by atoms with van der Waals surface area (Å²) in [5.41, 5.74) is 4.93. The first-order chi connectivity index (χ1) is 15.5. The van der Waals surface area contributed by atoms with Crippen molar-refractivity contribution in [2.45, 2.75) is 27.2 Å². The molecule has 0 radical (unpaired) electrons. The Kier molecular flexibility index (Phi) is 4.09. The minimum atomic E-state index is 0.128. The molecule has 3 nitrogen and oxygen atoms in total. The molecule has 0 saturated heterocycles. The van der Waals surface area contributed by atoms with Gasteiger partial charge in [-0.2, -0.15) is 0 Å². The molecule has 32 heavy (non-hydrogen) atoms. The van der Waals surface area contributed by atoms with Crippen LogP contribution in [0, 0.1) is 5.41 Å². The molecule has 0 saturated carbocycles. The monoisotopic (exact) mass is 416 g/mol. The summed E-state index contributed by atoms with van der Waals surface area (Å²) in [6, 6.07) is 25.7. The SMILES string of the molecule is CC(C)(C)Cc1c2ccccc2cc2c1oc1ncnc(-c3ccc4ccccc4c3)c12. The van der Waals surface area contributed by atoms with Crippen molar-refractivity contribution in [2.24, 2.45) is 5.41 Å². The summed E-state index contributed by atoms with van der Waals surface area (Å²) in [6.07, 6.45) is 2.53. The zero-order valence-corrected chi connectivity index (χ0v) is 18.5. The van der Waals surface area contributed by atoms with Gasteiger partial charge >= 0.3 is 0 Å². The van der Waals surface area contributed by atoms with Crippen molar-refractivity contribution in [3.63, 3.8) is 0 Å². The van der Waals surface area contributed by atoms with Crippen LogP contribution >= 0.6 is 0 Å². The van der Waals surface area contributed by atoms with Crippen molar-refractivity contribution in [1.82, 2.24) is 9.97 Å². The number of hydrogen-bond acceptors (Lipinski definition) is 3. The fourth-order valence-corrected chi connectivity index (χ4v) is 4.75. The number of nitrogens with zero attached hydrogens (tertiary/aromatic N) is 2. The van der Waals surface area contributed by atoms with Crippen LogP contribution in [0.15, 0.2) is 83.5 Å². The largest absolute Gasteiger partial charge is 0.437 e. The molecule has 0 atom stereocenters. The zero-order valence-electron chi connectivity index (χ0n) is 18.5. The predicted molar refractivity (Wildman–Crippen MR) is 133 cm³/mol. The highest BCUT2D eigenvalue weighted by Gasteiger charge is 2.22. The van der Waals surface area contributed by atoms with Gasteiger partial charge in [0.1, 0.15) is 11.9 Å². The molecule has 0 aliphatic heterocycles. The summed E-state index contributed by atoms with van der Waals surface area (Å²) in [4.78, 5) is 9.24. The molecule has 2 heterocycles. The van der Waals surface area contributed by atoms with E-state index in [1.54, 1.807) is 6.33 Å². The fourth-order valence-electron chi connectivity index (χ4n) is 4.75. The van der Waals surface area contributed by atoms with Crippen molar-refractivity contribution < 1.29 is 4.42 Å². The molecule has 0 N–H and O–H groups in total. The predicted octanol–water partition coefficient (Wildman–Crippen LogP) is 7.94. The van der Waals surface area contributed by atoms with Crippen LogP contribution in [-0.2, 0) is 6.42 Å². The summed E-state index contributed by atoms with van der Waals surface area (Å²) in [7, 11) is 0. The molecule has 0 unspecified atom stereocenters. The molecule has 156 valence electrons. The summed E-state index contributed by atoms with van der Waals surface area (Å²) >= 11 is 0. The second-order valence-corrected chi connectivity index (χ2v) is 9.76. The number of aromatic nitrogens is 2. The third-order valence-electron chi connectivity index (χ3n) is 6.12. The van der Waals surface area contributed by atoms with Gasteiger partial charge < -0.3 is 4.42 Å². The average Bonchev–Trinajstić information content (AvgIpc) is 3.16. The first kappa shape index (κ1) is 19.0. The fraction of sp³-hybridized carbons (Fsp3) is 0.172. The first-order valence-electron chi connectivity index (χ1n) is 11.0. The summed E-state index contributed by atoms with van der Waals surface area (Å²) in [5.74, 6) is 0. The zero-order chi connectivity index (χ0) is 21.9. The molecule has 2 aromatic heterocycles. The van der Waals surface area contributed by atoms with Gasteiger partial charge in [0.25, 0.3) is 0 Å². The Morgan fingerprint density at radius 2 is 1.50 bits per heavy atom. The van der Waals surface area contributed by atoms with E-state index in [1.807, 2.05) is 0 Å². The highest BCUT2D eigenvalue weighted by atomic mass is 16.3. The van der Waals surface area contributed by atoms with E-state index >= 15 is 0 Å². The van der Waals surface area contributed by atoms with Crippen LogP contribution in [0.1, 0.15) is 26.3 Å². The maximum Gasteiger partial charge on any atom is 0.230 e. The van der Waals surface area contributed by atoms with E-state index in [9.17, 15) is 0 Å². The summed E-state index contributed by atoms with van der Waals surface area (Å²) in [6.45, 7) is 6.80. The van der Waals surface area contributed by atoms with E-state index in [1.165, 1.54) is 27.1 Å². The molecular weight excluding hydrogens is 392 g/mol. The van der Waals surface area contributed by atoms with Crippen LogP contribution in [0.4, 0.5) is 0 Å². The van der Waals surface area contributed by atoms with Crippen molar-refractivity contribution in [1.29, 1.82) is 0 Å². The van der Waals surface area contributed by atoms with Crippen LogP contribution < -0.4 is 0 Å². The Balaban J connectivity index is 1.71. The second kappa shape index (κ2) is 6.89. The van der Waals surface area contributed by atoms with Crippen molar-refractivity contribution in [3.8, 4) is 11.3 Å². The van der Waals surface area contributed by atoms with E-state index in [0.29, 0.717) is 5.71 Å². The van der Waals surface area contributed by atoms with E-state index in [2.05, 4.69) is 98.6 Å². The minimum absolute atomic E-state index is 0.128. The maximum atomic E-state index is 6.44. The molecule has 0 aliphatic carbocycles. The van der Waals surface area contributed by atoms with Gasteiger partial charge in [-0.25, -0.2) is 9.97 Å². The topological polar surface area (TPSA) is 38.9 Å². The smallest absolute Gasteiger partial charge is 0.230 e. The number of hydrogen-bond donors (Lipinski definition) is 0. The van der Waals surface area contributed by atoms with E-state index < -0.39 is 0 Å². The third-order valence-corrected chi connectivity index (χ3v) is 6.12. The molecule has 6 rings (SSSR count). The number of furan rings is 1. The first-order valence-corrected chi connectivity index (χ1v) is 11.0. The molecular formula is C29H24N2O. The van der Waals surface area contributed by atoms with E-state index in [-0.39, 0.29) is 5.41 Å². The molecule has 3 heteroatoms. The molecule has 0 aliphatic rings. The minimum Gasteiger partial charge on any atom is -0.437 e. The highest BCUT2D eigenvalue weighted by Crippen LogP contribution is 2.41. The van der Waals surface area contributed by atoms with Gasteiger partial charge in [-0.15, -0.1) is 0 Å². The standard InChI is InChI=1S/C29H24N2O/c1-29(2,3)16-24-22-11-7-6-10-20(22)15-23-25-26(30-17-31-28(25)32-27(23)24)21-13-12-18-8-4-5-9-19(18)14-21/h4-15,17H,16H2,1-3H3. The molecule has 4 aromatic carbocycles. The number of benzene rings is 4. The molecule has 0 bridgehead atoms. The second-order valence-electron chi connectivity index (χ2n) is 9.76. The Bertz CT molecular complexity index is 1640. The van der Waals surface area contributed by atoms with Gasteiger partial charge in [0.2, 0.25) is 5.71 Å². The lowest BCUT2D eigenvalue weighted by atomic mass is 9.85. The normalized spacial score (nSPS) is 12.3. The molecule has 0 amide bonds. The van der Waals surface area contributed by atoms with Crippen LogP contribution in [0.25, 0.3) is 54.9 Å². The quantitative estimate of drug-likeness (QED) is 0.287. The third kappa shape index (κ3) is 3.04. The summed E-state index contributed by atoms with van der Waals surface area (Å²) < 4.78 is 6.44. The lowest BCUT2D eigenvalue weighted by Gasteiger charge is -2.19. The maximum absolute atomic E-state index is 6.44. The number of rotatable bonds is 2. The molecule has 0 fully saturated rings. The average molecular weight is 417 g/mol. The van der Waals surface area contributed by atoms with Crippen LogP contribution in [0.3, 0.4) is 0 Å². The van der Waals surface area contributed by atoms with Gasteiger partial charge in [-0.1, -0.05) is 81.4 Å². The lowest BCUT2D eigenvalue weighted by molar-refractivity contribution is 0.412. The van der Waals surface area contributed by atoms with Crippen molar-refractivity contribution in [2.75, 3.05) is 0 Å². The van der Waals surface area contributed by atoms with Gasteiger partial charge in [-0.3, -0.25) is 0 Å². The van der Waals surface area contributed by atoms with Crippen LogP contribution in [0.5, 0.6) is 0 Å². The number of fused-ring (bicyclic) bond motifs is 5. The molecule has 0 spiro atoms. The van der Waals surface area contributed by atoms with E-state index in [0.717, 1.165) is 34.0 Å². The van der Waals surface area contributed by atoms with Gasteiger partial charge in [-0.05, 0) is 45.5 Å². The van der Waals surface area contributed by atoms with Gasteiger partial charge in [0.15, 0.2) is 0 Å². The Morgan fingerprint density at radius 1 is 0.750 bits per heavy atom. The Morgan fingerprint density at radius 3 is 2.31 bits per heavy atom. The lowest BCUT2D eigenvalue weighted by Crippen LogP contribution is -2.09. The van der Waals surface area contributed by atoms with Crippen LogP contribution in [-0.4, -0.2) is 9.97 Å². The highest BCUT2D eigenvalue weighted by molar-refractivity contribution is 6.15. The van der Waals surface area contributed by atoms with E-state index in [4.69, 9.17) is 9.40 Å². The molecule has 6 aromatic rings. The Labute approximate surface area is 186 Å². The van der Waals surface area contributed by atoms with Crippen molar-refractivity contribution in [3.05, 3.63) is 84.7 Å².